The number of hydrogen-bond donors (Lipinski definition) is 1. The second-order valence-electron chi connectivity index (χ2n) is 5.94. The van der Waals surface area contributed by atoms with Crippen LogP contribution in [0, 0.1) is 0 Å². The Bertz CT molecular complexity index is 699. The Morgan fingerprint density at radius 2 is 2.12 bits per heavy atom. The van der Waals surface area contributed by atoms with Gasteiger partial charge in [-0.2, -0.15) is 0 Å². The number of aromatic nitrogens is 1. The zero-order valence-electron chi connectivity index (χ0n) is 14.3. The number of ether oxygens (including phenoxy) is 2. The number of para-hydroxylation sites is 1. The molecule has 8 heteroatoms. The summed E-state index contributed by atoms with van der Waals surface area (Å²) >= 11 is 0. The van der Waals surface area contributed by atoms with E-state index in [1.54, 1.807) is 12.1 Å². The molecule has 8 nitrogen and oxygen atoms in total. The summed E-state index contributed by atoms with van der Waals surface area (Å²) < 4.78 is 15.8. The Hall–Kier alpha value is -2.87. The molecule has 0 bridgehead atoms. The second kappa shape index (κ2) is 9.00. The van der Waals surface area contributed by atoms with Gasteiger partial charge in [0.15, 0.2) is 12.4 Å². The molecule has 0 unspecified atom stereocenters. The molecule has 0 spiro atoms. The SMILES string of the molecule is O=C(CN(C[C@@H]1CCCO1)C(=O)COc1ccccc1)Nc1ccon1. The number of hydrogen-bond acceptors (Lipinski definition) is 6. The fourth-order valence-corrected chi connectivity index (χ4v) is 2.67. The predicted octanol–water partition coefficient (Wildman–Crippen LogP) is 1.70. The predicted molar refractivity (Wildman–Crippen MR) is 92.6 cm³/mol. The van der Waals surface area contributed by atoms with E-state index in [9.17, 15) is 9.59 Å². The van der Waals surface area contributed by atoms with Crippen LogP contribution in [0.2, 0.25) is 0 Å². The third-order valence-corrected chi connectivity index (χ3v) is 3.95. The molecule has 1 saturated heterocycles. The van der Waals surface area contributed by atoms with Crippen molar-refractivity contribution in [3.63, 3.8) is 0 Å². The van der Waals surface area contributed by atoms with Crippen molar-refractivity contribution in [3.05, 3.63) is 42.7 Å². The zero-order chi connectivity index (χ0) is 18.2. The largest absolute Gasteiger partial charge is 0.484 e. The average molecular weight is 359 g/mol. The lowest BCUT2D eigenvalue weighted by molar-refractivity contribution is -0.138. The highest BCUT2D eigenvalue weighted by Gasteiger charge is 2.25. The average Bonchev–Trinajstić information content (AvgIpc) is 3.34. The second-order valence-corrected chi connectivity index (χ2v) is 5.94. The fourth-order valence-electron chi connectivity index (χ4n) is 2.67. The van der Waals surface area contributed by atoms with Gasteiger partial charge in [0, 0.05) is 19.2 Å². The smallest absolute Gasteiger partial charge is 0.261 e. The van der Waals surface area contributed by atoms with E-state index in [0.717, 1.165) is 12.8 Å². The van der Waals surface area contributed by atoms with Crippen LogP contribution in [0.15, 0.2) is 47.2 Å². The lowest BCUT2D eigenvalue weighted by atomic mass is 10.2. The molecule has 1 aliphatic rings. The molecule has 2 heterocycles. The molecule has 1 atom stereocenters. The Morgan fingerprint density at radius 3 is 2.81 bits per heavy atom. The van der Waals surface area contributed by atoms with E-state index in [2.05, 4.69) is 15.0 Å². The van der Waals surface area contributed by atoms with Gasteiger partial charge in [-0.05, 0) is 25.0 Å². The number of amides is 2. The molecule has 3 rings (SSSR count). The van der Waals surface area contributed by atoms with Crippen molar-refractivity contribution < 1.29 is 23.6 Å². The van der Waals surface area contributed by atoms with Crippen LogP contribution >= 0.6 is 0 Å². The number of carbonyl (C=O) groups is 2. The Morgan fingerprint density at radius 1 is 1.27 bits per heavy atom. The van der Waals surface area contributed by atoms with Crippen molar-refractivity contribution in [3.8, 4) is 5.75 Å². The molecular weight excluding hydrogens is 338 g/mol. The van der Waals surface area contributed by atoms with Gasteiger partial charge in [0.25, 0.3) is 5.91 Å². The summed E-state index contributed by atoms with van der Waals surface area (Å²) in [5, 5.41) is 6.21. The van der Waals surface area contributed by atoms with E-state index >= 15 is 0 Å². The third-order valence-electron chi connectivity index (χ3n) is 3.95. The molecule has 0 aliphatic carbocycles. The summed E-state index contributed by atoms with van der Waals surface area (Å²) in [5.74, 6) is 0.273. The fraction of sp³-hybridized carbons (Fsp3) is 0.389. The maximum absolute atomic E-state index is 12.6. The first-order valence-electron chi connectivity index (χ1n) is 8.48. The van der Waals surface area contributed by atoms with Crippen LogP contribution in [0.3, 0.4) is 0 Å². The zero-order valence-corrected chi connectivity index (χ0v) is 14.3. The molecule has 0 saturated carbocycles. The van der Waals surface area contributed by atoms with Crippen LogP contribution in [-0.2, 0) is 14.3 Å². The number of carbonyl (C=O) groups excluding carboxylic acids is 2. The van der Waals surface area contributed by atoms with Crippen LogP contribution in [0.25, 0.3) is 0 Å². The maximum atomic E-state index is 12.6. The Kier molecular flexibility index (Phi) is 6.21. The highest BCUT2D eigenvalue weighted by atomic mass is 16.5. The van der Waals surface area contributed by atoms with Crippen molar-refractivity contribution in [2.45, 2.75) is 18.9 Å². The topological polar surface area (TPSA) is 93.9 Å². The van der Waals surface area contributed by atoms with Crippen LogP contribution in [0.1, 0.15) is 12.8 Å². The third kappa shape index (κ3) is 5.32. The van der Waals surface area contributed by atoms with Crippen molar-refractivity contribution in [2.75, 3.05) is 31.6 Å². The van der Waals surface area contributed by atoms with Crippen LogP contribution in [-0.4, -0.2) is 54.3 Å². The van der Waals surface area contributed by atoms with Gasteiger partial charge in [0.1, 0.15) is 18.6 Å². The number of benzene rings is 1. The Labute approximate surface area is 151 Å². The summed E-state index contributed by atoms with van der Waals surface area (Å²) in [6.07, 6.45) is 3.13. The van der Waals surface area contributed by atoms with Crippen molar-refractivity contribution in [1.82, 2.24) is 10.1 Å². The quantitative estimate of drug-likeness (QED) is 0.771. The minimum Gasteiger partial charge on any atom is -0.484 e. The van der Waals surface area contributed by atoms with E-state index in [0.29, 0.717) is 24.7 Å². The van der Waals surface area contributed by atoms with E-state index in [1.807, 2.05) is 18.2 Å². The molecule has 1 N–H and O–H groups in total. The minimum absolute atomic E-state index is 0.0597. The molecule has 1 aromatic carbocycles. The van der Waals surface area contributed by atoms with Crippen molar-refractivity contribution >= 4 is 17.6 Å². The molecule has 0 radical (unpaired) electrons. The highest BCUT2D eigenvalue weighted by Crippen LogP contribution is 2.14. The van der Waals surface area contributed by atoms with Crippen molar-refractivity contribution in [1.29, 1.82) is 0 Å². The first kappa shape index (κ1) is 17.9. The van der Waals surface area contributed by atoms with Crippen molar-refractivity contribution in [2.24, 2.45) is 0 Å². The van der Waals surface area contributed by atoms with Gasteiger partial charge in [-0.3, -0.25) is 9.59 Å². The van der Waals surface area contributed by atoms with E-state index < -0.39 is 0 Å². The molecule has 138 valence electrons. The first-order chi connectivity index (χ1) is 12.7. The standard InChI is InChI=1S/C18H21N3O5/c22-17(19-16-8-10-26-20-16)12-21(11-15-7-4-9-24-15)18(23)13-25-14-5-2-1-3-6-14/h1-3,5-6,8,10,15H,4,7,9,11-13H2,(H,19,20,22)/t15-/m0/s1. The molecule has 1 aliphatic heterocycles. The summed E-state index contributed by atoms with van der Waals surface area (Å²) in [6, 6.07) is 10.6. The molecule has 2 amide bonds. The lowest BCUT2D eigenvalue weighted by Crippen LogP contribution is -2.44. The van der Waals surface area contributed by atoms with E-state index in [1.165, 1.54) is 17.2 Å². The molecule has 1 aromatic heterocycles. The summed E-state index contributed by atoms with van der Waals surface area (Å²) in [7, 11) is 0. The highest BCUT2D eigenvalue weighted by molar-refractivity contribution is 5.93. The van der Waals surface area contributed by atoms with Gasteiger partial charge in [-0.1, -0.05) is 23.4 Å². The summed E-state index contributed by atoms with van der Waals surface area (Å²) in [4.78, 5) is 26.2. The van der Waals surface area contributed by atoms with Crippen LogP contribution in [0.4, 0.5) is 5.82 Å². The maximum Gasteiger partial charge on any atom is 0.261 e. The van der Waals surface area contributed by atoms with E-state index in [-0.39, 0.29) is 31.1 Å². The minimum atomic E-state index is -0.357. The normalized spacial score (nSPS) is 16.2. The van der Waals surface area contributed by atoms with Gasteiger partial charge < -0.3 is 24.2 Å². The van der Waals surface area contributed by atoms with Crippen LogP contribution < -0.4 is 10.1 Å². The van der Waals surface area contributed by atoms with Gasteiger partial charge >= 0.3 is 0 Å². The monoisotopic (exact) mass is 359 g/mol. The first-order valence-corrected chi connectivity index (χ1v) is 8.48. The molecule has 26 heavy (non-hydrogen) atoms. The van der Waals surface area contributed by atoms with Gasteiger partial charge in [-0.25, -0.2) is 0 Å². The summed E-state index contributed by atoms with van der Waals surface area (Å²) in [6.45, 7) is 0.777. The number of nitrogens with zero attached hydrogens (tertiary/aromatic N) is 2. The van der Waals surface area contributed by atoms with Gasteiger partial charge in [0.2, 0.25) is 5.91 Å². The summed E-state index contributed by atoms with van der Waals surface area (Å²) in [5.41, 5.74) is 0. The van der Waals surface area contributed by atoms with Crippen LogP contribution in [0.5, 0.6) is 5.75 Å². The molecule has 2 aromatic rings. The van der Waals surface area contributed by atoms with Gasteiger partial charge in [0.05, 0.1) is 6.10 Å². The Balaban J connectivity index is 1.57. The molecular formula is C18H21N3O5. The lowest BCUT2D eigenvalue weighted by Gasteiger charge is -2.24. The number of nitrogens with one attached hydrogen (secondary N) is 1. The molecule has 1 fully saturated rings. The van der Waals surface area contributed by atoms with E-state index in [4.69, 9.17) is 9.47 Å². The van der Waals surface area contributed by atoms with Gasteiger partial charge in [-0.15, -0.1) is 0 Å². The number of anilines is 1. The number of rotatable bonds is 8.